The zero-order valence-electron chi connectivity index (χ0n) is 12.0. The van der Waals surface area contributed by atoms with E-state index < -0.39 is 27.9 Å². The molecule has 0 aromatic heterocycles. The Morgan fingerprint density at radius 2 is 2.05 bits per heavy atom. The Bertz CT molecular complexity index is 476. The number of carbonyl (C=O) groups excluding carboxylic acids is 1. The van der Waals surface area contributed by atoms with Gasteiger partial charge in [-0.1, -0.05) is 20.3 Å². The van der Waals surface area contributed by atoms with Crippen molar-refractivity contribution in [3.05, 3.63) is 0 Å². The van der Waals surface area contributed by atoms with Crippen molar-refractivity contribution in [1.29, 1.82) is 0 Å². The first-order chi connectivity index (χ1) is 9.18. The Morgan fingerprint density at radius 1 is 1.45 bits per heavy atom. The number of amides is 2. The van der Waals surface area contributed by atoms with Crippen molar-refractivity contribution in [2.24, 2.45) is 5.92 Å². The lowest BCUT2D eigenvalue weighted by atomic mass is 9.99. The molecular weight excluding hydrogens is 284 g/mol. The lowest BCUT2D eigenvalue weighted by molar-refractivity contribution is -0.140. The van der Waals surface area contributed by atoms with Crippen molar-refractivity contribution in [2.75, 3.05) is 18.6 Å². The molecule has 0 spiro atoms. The molecule has 2 amide bonds. The molecule has 0 aromatic rings. The SMILES string of the molecule is CC[C@H](C)[C@H](NC(=O)N(C)C1CCS(=O)(=O)C1)C(=O)O. The number of carboxylic acids is 1. The Morgan fingerprint density at radius 3 is 2.45 bits per heavy atom. The van der Waals surface area contributed by atoms with Crippen LogP contribution in [0, 0.1) is 5.92 Å². The number of aliphatic carboxylic acids is 1. The Kier molecular flexibility index (Phi) is 5.38. The first kappa shape index (κ1) is 16.7. The summed E-state index contributed by atoms with van der Waals surface area (Å²) in [5.41, 5.74) is 0. The Balaban J connectivity index is 2.67. The minimum Gasteiger partial charge on any atom is -0.480 e. The zero-order valence-corrected chi connectivity index (χ0v) is 12.8. The third kappa shape index (κ3) is 4.09. The summed E-state index contributed by atoms with van der Waals surface area (Å²) >= 11 is 0. The molecule has 1 aliphatic rings. The number of urea groups is 1. The monoisotopic (exact) mass is 306 g/mol. The van der Waals surface area contributed by atoms with Crippen molar-refractivity contribution in [1.82, 2.24) is 10.2 Å². The van der Waals surface area contributed by atoms with Gasteiger partial charge in [0.05, 0.1) is 11.5 Å². The van der Waals surface area contributed by atoms with Crippen molar-refractivity contribution in [3.63, 3.8) is 0 Å². The first-order valence-electron chi connectivity index (χ1n) is 6.64. The zero-order chi connectivity index (χ0) is 15.5. The summed E-state index contributed by atoms with van der Waals surface area (Å²) in [7, 11) is -1.58. The minimum atomic E-state index is -3.08. The molecule has 1 heterocycles. The number of nitrogens with one attached hydrogen (secondary N) is 1. The van der Waals surface area contributed by atoms with Crippen LogP contribution in [-0.4, -0.2) is 61.1 Å². The van der Waals surface area contributed by atoms with Crippen LogP contribution in [0.1, 0.15) is 26.7 Å². The minimum absolute atomic E-state index is 0.0576. The highest BCUT2D eigenvalue weighted by molar-refractivity contribution is 7.91. The van der Waals surface area contributed by atoms with Gasteiger partial charge in [-0.2, -0.15) is 0 Å². The van der Waals surface area contributed by atoms with Gasteiger partial charge < -0.3 is 15.3 Å². The molecule has 2 N–H and O–H groups in total. The summed E-state index contributed by atoms with van der Waals surface area (Å²) in [6, 6.07) is -1.89. The number of hydrogen-bond acceptors (Lipinski definition) is 4. The molecule has 20 heavy (non-hydrogen) atoms. The van der Waals surface area contributed by atoms with Crippen LogP contribution in [0.25, 0.3) is 0 Å². The van der Waals surface area contributed by atoms with Crippen LogP contribution in [0.2, 0.25) is 0 Å². The van der Waals surface area contributed by atoms with Crippen LogP contribution in [0.4, 0.5) is 4.79 Å². The van der Waals surface area contributed by atoms with E-state index in [9.17, 15) is 18.0 Å². The fourth-order valence-corrected chi connectivity index (χ4v) is 3.94. The topological polar surface area (TPSA) is 104 Å². The molecule has 0 aliphatic carbocycles. The van der Waals surface area contributed by atoms with Crippen LogP contribution in [0.15, 0.2) is 0 Å². The lowest BCUT2D eigenvalue weighted by Crippen LogP contribution is -2.52. The predicted octanol–water partition coefficient (Wildman–Crippen LogP) is 0.314. The summed E-state index contributed by atoms with van der Waals surface area (Å²) < 4.78 is 22.8. The molecule has 0 saturated carbocycles. The number of sulfone groups is 1. The van der Waals surface area contributed by atoms with Gasteiger partial charge in [0.1, 0.15) is 6.04 Å². The number of rotatable bonds is 5. The summed E-state index contributed by atoms with van der Waals surface area (Å²) in [6.07, 6.45) is 1.02. The van der Waals surface area contributed by atoms with E-state index >= 15 is 0 Å². The number of carbonyl (C=O) groups is 2. The molecular formula is C12H22N2O5S. The van der Waals surface area contributed by atoms with Gasteiger partial charge in [0.2, 0.25) is 0 Å². The van der Waals surface area contributed by atoms with E-state index in [1.54, 1.807) is 6.92 Å². The third-order valence-corrected chi connectivity index (χ3v) is 5.58. The van der Waals surface area contributed by atoms with Gasteiger partial charge in [-0.05, 0) is 12.3 Å². The third-order valence-electron chi connectivity index (χ3n) is 3.83. The van der Waals surface area contributed by atoms with Gasteiger partial charge in [0.15, 0.2) is 9.84 Å². The van der Waals surface area contributed by atoms with E-state index in [0.29, 0.717) is 12.8 Å². The predicted molar refractivity (Wildman–Crippen MR) is 74.2 cm³/mol. The Labute approximate surface area is 119 Å². The van der Waals surface area contributed by atoms with Crippen LogP contribution in [-0.2, 0) is 14.6 Å². The van der Waals surface area contributed by atoms with E-state index in [1.165, 1.54) is 11.9 Å². The smallest absolute Gasteiger partial charge is 0.326 e. The van der Waals surface area contributed by atoms with E-state index in [2.05, 4.69) is 5.32 Å². The molecule has 116 valence electrons. The van der Waals surface area contributed by atoms with Gasteiger partial charge in [-0.25, -0.2) is 18.0 Å². The maximum atomic E-state index is 12.0. The average Bonchev–Trinajstić information content (AvgIpc) is 2.73. The number of hydrogen-bond donors (Lipinski definition) is 2. The lowest BCUT2D eigenvalue weighted by Gasteiger charge is -2.27. The molecule has 0 bridgehead atoms. The van der Waals surface area contributed by atoms with Crippen LogP contribution >= 0.6 is 0 Å². The van der Waals surface area contributed by atoms with Crippen molar-refractivity contribution >= 4 is 21.8 Å². The van der Waals surface area contributed by atoms with Crippen LogP contribution in [0.5, 0.6) is 0 Å². The number of nitrogens with zero attached hydrogens (tertiary/aromatic N) is 1. The normalized spacial score (nSPS) is 23.9. The molecule has 1 aliphatic heterocycles. The first-order valence-corrected chi connectivity index (χ1v) is 8.46. The molecule has 0 radical (unpaired) electrons. The molecule has 1 fully saturated rings. The van der Waals surface area contributed by atoms with Gasteiger partial charge >= 0.3 is 12.0 Å². The summed E-state index contributed by atoms with van der Waals surface area (Å²) in [5.74, 6) is -1.27. The van der Waals surface area contributed by atoms with Crippen molar-refractivity contribution in [3.8, 4) is 0 Å². The molecule has 1 unspecified atom stereocenters. The molecule has 8 heteroatoms. The van der Waals surface area contributed by atoms with Crippen molar-refractivity contribution in [2.45, 2.75) is 38.8 Å². The highest BCUT2D eigenvalue weighted by Gasteiger charge is 2.34. The summed E-state index contributed by atoms with van der Waals surface area (Å²) in [4.78, 5) is 24.5. The van der Waals surface area contributed by atoms with Crippen LogP contribution in [0.3, 0.4) is 0 Å². The Hall–Kier alpha value is -1.31. The highest BCUT2D eigenvalue weighted by atomic mass is 32.2. The molecule has 1 rings (SSSR count). The second-order valence-corrected chi connectivity index (χ2v) is 7.55. The van der Waals surface area contributed by atoms with Crippen LogP contribution < -0.4 is 5.32 Å². The fraction of sp³-hybridized carbons (Fsp3) is 0.833. The number of carboxylic acid groups (broad SMARTS) is 1. The maximum absolute atomic E-state index is 12.0. The van der Waals surface area contributed by atoms with E-state index in [0.717, 1.165) is 0 Å². The average molecular weight is 306 g/mol. The fourth-order valence-electron chi connectivity index (χ4n) is 2.16. The quantitative estimate of drug-likeness (QED) is 0.761. The van der Waals surface area contributed by atoms with Gasteiger partial charge in [-0.15, -0.1) is 0 Å². The molecule has 1 saturated heterocycles. The largest absolute Gasteiger partial charge is 0.480 e. The second-order valence-electron chi connectivity index (χ2n) is 5.32. The van der Waals surface area contributed by atoms with E-state index in [-0.39, 0.29) is 23.5 Å². The maximum Gasteiger partial charge on any atom is 0.326 e. The van der Waals surface area contributed by atoms with E-state index in [1.807, 2.05) is 6.92 Å². The molecule has 0 aromatic carbocycles. The van der Waals surface area contributed by atoms with Crippen molar-refractivity contribution < 1.29 is 23.1 Å². The standard InChI is InChI=1S/C12H22N2O5S/c1-4-8(2)10(11(15)16)13-12(17)14(3)9-5-6-20(18,19)7-9/h8-10H,4-7H2,1-3H3,(H,13,17)(H,15,16)/t8-,9?,10-/m0/s1. The second kappa shape index (κ2) is 6.43. The summed E-state index contributed by atoms with van der Waals surface area (Å²) in [5, 5.41) is 11.6. The summed E-state index contributed by atoms with van der Waals surface area (Å²) in [6.45, 7) is 3.60. The molecule has 3 atom stereocenters. The van der Waals surface area contributed by atoms with Gasteiger partial charge in [0, 0.05) is 13.1 Å². The van der Waals surface area contributed by atoms with E-state index in [4.69, 9.17) is 5.11 Å². The van der Waals surface area contributed by atoms with Gasteiger partial charge in [-0.3, -0.25) is 0 Å². The highest BCUT2D eigenvalue weighted by Crippen LogP contribution is 2.17. The van der Waals surface area contributed by atoms with Gasteiger partial charge in [0.25, 0.3) is 0 Å². The molecule has 7 nitrogen and oxygen atoms in total.